The van der Waals surface area contributed by atoms with Gasteiger partial charge in [0.05, 0.1) is 0 Å². The smallest absolute Gasteiger partial charge is 0.136 e. The molecule has 0 spiro atoms. The van der Waals surface area contributed by atoms with E-state index in [4.69, 9.17) is 9.41 Å². The van der Waals surface area contributed by atoms with Gasteiger partial charge in [-0.2, -0.15) is 0 Å². The van der Waals surface area contributed by atoms with Crippen molar-refractivity contribution in [3.63, 3.8) is 0 Å². The monoisotopic (exact) mass is 629 g/mol. The van der Waals surface area contributed by atoms with Crippen molar-refractivity contribution in [3.05, 3.63) is 180 Å². The summed E-state index contributed by atoms with van der Waals surface area (Å²) in [5.41, 5.74) is 7.54. The van der Waals surface area contributed by atoms with Crippen LogP contribution in [0.1, 0.15) is 29.0 Å². The van der Waals surface area contributed by atoms with Crippen LogP contribution < -0.4 is 10.6 Å². The largest absolute Gasteiger partial charge is 0.456 e. The van der Waals surface area contributed by atoms with E-state index in [0.717, 1.165) is 44.5 Å². The molecule has 0 radical (unpaired) electrons. The molecule has 1 aromatic heterocycles. The fraction of sp³-hybridized carbons (Fsp3) is 0.0444. The van der Waals surface area contributed by atoms with E-state index in [-0.39, 0.29) is 12.3 Å². The highest BCUT2D eigenvalue weighted by molar-refractivity contribution is 6.13. The first-order valence-electron chi connectivity index (χ1n) is 16.8. The Hall–Kier alpha value is -6.23. The Morgan fingerprint density at radius 1 is 0.469 bits per heavy atom. The fourth-order valence-electron chi connectivity index (χ4n) is 7.47. The van der Waals surface area contributed by atoms with Crippen molar-refractivity contribution >= 4 is 60.1 Å². The average molecular weight is 630 g/mol. The average Bonchev–Trinajstić information content (AvgIpc) is 3.56. The van der Waals surface area contributed by atoms with Crippen molar-refractivity contribution in [2.45, 2.75) is 12.3 Å². The number of furan rings is 1. The molecular weight excluding hydrogens is 599 g/mol. The maximum Gasteiger partial charge on any atom is 0.136 e. The number of benzene rings is 8. The van der Waals surface area contributed by atoms with Gasteiger partial charge in [-0.1, -0.05) is 133 Å². The molecule has 2 heterocycles. The number of amidine groups is 1. The zero-order valence-electron chi connectivity index (χ0n) is 26.6. The first-order chi connectivity index (χ1) is 24.2. The Morgan fingerprint density at radius 3 is 2.10 bits per heavy atom. The molecule has 10 rings (SSSR count). The molecule has 232 valence electrons. The molecule has 0 aliphatic carbocycles. The third-order valence-corrected chi connectivity index (χ3v) is 9.91. The summed E-state index contributed by atoms with van der Waals surface area (Å²) in [5.74, 6) is 0.879. The molecule has 2 atom stereocenters. The molecule has 0 saturated heterocycles. The maximum absolute atomic E-state index is 6.18. The number of hydrogen-bond acceptors (Lipinski definition) is 4. The molecule has 0 saturated carbocycles. The SMILES string of the molecule is c1ccc(C2=NC(c3ccc4c(ccc5ccccc54)c3)NC(c3ccc4cc(-c5cccc6oc7ccccc7c56)ccc4c3)N2)cc1. The van der Waals surface area contributed by atoms with E-state index in [9.17, 15) is 0 Å². The van der Waals surface area contributed by atoms with Crippen LogP contribution >= 0.6 is 0 Å². The molecule has 4 heteroatoms. The molecule has 9 aromatic rings. The summed E-state index contributed by atoms with van der Waals surface area (Å²) in [6.45, 7) is 0. The lowest BCUT2D eigenvalue weighted by Gasteiger charge is -2.32. The lowest BCUT2D eigenvalue weighted by atomic mass is 9.96. The van der Waals surface area contributed by atoms with Gasteiger partial charge in [0.15, 0.2) is 0 Å². The summed E-state index contributed by atoms with van der Waals surface area (Å²) in [6.07, 6.45) is -0.360. The number of nitrogens with one attached hydrogen (secondary N) is 2. The summed E-state index contributed by atoms with van der Waals surface area (Å²) in [6, 6.07) is 58.2. The zero-order chi connectivity index (χ0) is 32.3. The molecule has 0 bridgehead atoms. The van der Waals surface area contributed by atoms with Crippen LogP contribution in [0.2, 0.25) is 0 Å². The van der Waals surface area contributed by atoms with E-state index in [2.05, 4.69) is 156 Å². The number of aliphatic imine (C=N–C) groups is 1. The highest BCUT2D eigenvalue weighted by atomic mass is 16.3. The van der Waals surface area contributed by atoms with Crippen LogP contribution in [-0.4, -0.2) is 5.84 Å². The topological polar surface area (TPSA) is 49.6 Å². The van der Waals surface area contributed by atoms with E-state index < -0.39 is 0 Å². The third-order valence-electron chi connectivity index (χ3n) is 9.91. The van der Waals surface area contributed by atoms with Gasteiger partial charge in [0.25, 0.3) is 0 Å². The van der Waals surface area contributed by atoms with Gasteiger partial charge < -0.3 is 9.73 Å². The summed E-state index contributed by atoms with van der Waals surface area (Å²) in [5, 5.41) is 17.2. The lowest BCUT2D eigenvalue weighted by molar-refractivity contribution is 0.409. The van der Waals surface area contributed by atoms with Gasteiger partial charge in [0, 0.05) is 16.3 Å². The molecule has 2 unspecified atom stereocenters. The molecule has 8 aromatic carbocycles. The van der Waals surface area contributed by atoms with Gasteiger partial charge >= 0.3 is 0 Å². The zero-order valence-corrected chi connectivity index (χ0v) is 26.6. The second kappa shape index (κ2) is 11.2. The van der Waals surface area contributed by atoms with Crippen LogP contribution in [0.3, 0.4) is 0 Å². The van der Waals surface area contributed by atoms with Gasteiger partial charge in [0.2, 0.25) is 0 Å². The Labute approximate surface area is 283 Å². The first-order valence-corrected chi connectivity index (χ1v) is 16.8. The van der Waals surface area contributed by atoms with Gasteiger partial charge in [-0.15, -0.1) is 0 Å². The Kier molecular flexibility index (Phi) is 6.36. The first kappa shape index (κ1) is 27.8. The minimum Gasteiger partial charge on any atom is -0.456 e. The predicted octanol–water partition coefficient (Wildman–Crippen LogP) is 11.0. The Bertz CT molecular complexity index is 2740. The molecule has 4 nitrogen and oxygen atoms in total. The van der Waals surface area contributed by atoms with E-state index in [1.807, 2.05) is 18.2 Å². The van der Waals surface area contributed by atoms with Crippen molar-refractivity contribution in [2.24, 2.45) is 4.99 Å². The molecular formula is C45H31N3O. The minimum absolute atomic E-state index is 0.139. The van der Waals surface area contributed by atoms with Crippen LogP contribution in [0.5, 0.6) is 0 Å². The number of rotatable bonds is 4. The van der Waals surface area contributed by atoms with Crippen LogP contribution in [0.25, 0.3) is 65.4 Å². The third kappa shape index (κ3) is 4.76. The number of para-hydroxylation sites is 1. The van der Waals surface area contributed by atoms with Crippen molar-refractivity contribution in [3.8, 4) is 11.1 Å². The van der Waals surface area contributed by atoms with Crippen LogP contribution in [0.15, 0.2) is 173 Å². The van der Waals surface area contributed by atoms with E-state index in [1.54, 1.807) is 0 Å². The summed E-state index contributed by atoms with van der Waals surface area (Å²) >= 11 is 0. The van der Waals surface area contributed by atoms with Crippen molar-refractivity contribution in [1.29, 1.82) is 0 Å². The number of nitrogens with zero attached hydrogens (tertiary/aromatic N) is 1. The van der Waals surface area contributed by atoms with Crippen LogP contribution in [0, 0.1) is 0 Å². The van der Waals surface area contributed by atoms with E-state index >= 15 is 0 Å². The van der Waals surface area contributed by atoms with Crippen molar-refractivity contribution in [2.75, 3.05) is 0 Å². The molecule has 1 aliphatic heterocycles. The predicted molar refractivity (Wildman–Crippen MR) is 203 cm³/mol. The van der Waals surface area contributed by atoms with Gasteiger partial charge in [-0.25, -0.2) is 4.99 Å². The fourth-order valence-corrected chi connectivity index (χ4v) is 7.47. The Balaban J connectivity index is 1.03. The minimum atomic E-state index is -0.222. The van der Waals surface area contributed by atoms with Gasteiger partial charge in [-0.3, -0.25) is 5.32 Å². The summed E-state index contributed by atoms with van der Waals surface area (Å²) < 4.78 is 6.18. The van der Waals surface area contributed by atoms with Gasteiger partial charge in [-0.05, 0) is 84.9 Å². The number of fused-ring (bicyclic) bond motifs is 7. The molecule has 49 heavy (non-hydrogen) atoms. The van der Waals surface area contributed by atoms with Crippen LogP contribution in [-0.2, 0) is 0 Å². The van der Waals surface area contributed by atoms with Crippen molar-refractivity contribution in [1.82, 2.24) is 10.6 Å². The number of hydrogen-bond donors (Lipinski definition) is 2. The quantitative estimate of drug-likeness (QED) is 0.190. The summed E-state index contributed by atoms with van der Waals surface area (Å²) in [4.78, 5) is 5.20. The maximum atomic E-state index is 6.18. The second-order valence-corrected chi connectivity index (χ2v) is 12.9. The highest BCUT2D eigenvalue weighted by Gasteiger charge is 2.26. The summed E-state index contributed by atoms with van der Waals surface area (Å²) in [7, 11) is 0. The molecule has 2 N–H and O–H groups in total. The molecule has 0 amide bonds. The standard InChI is InChI=1S/C45H31N3O/c1-2-10-29(11-3-1)43-46-44(48-45(47-43)35-23-24-37-32(27-35)20-17-28-9-4-5-12-36(28)37)34-22-19-30-25-33(21-18-31(30)26-34)38-14-8-16-41-42(38)39-13-6-7-15-40(39)49-41/h1-27,44-45,48H,(H,46,47). The van der Waals surface area contributed by atoms with E-state index in [0.29, 0.717) is 0 Å². The molecule has 1 aliphatic rings. The Morgan fingerprint density at radius 2 is 1.16 bits per heavy atom. The lowest BCUT2D eigenvalue weighted by Crippen LogP contribution is -2.44. The van der Waals surface area contributed by atoms with Crippen LogP contribution in [0.4, 0.5) is 0 Å². The van der Waals surface area contributed by atoms with Crippen molar-refractivity contribution < 1.29 is 4.42 Å². The highest BCUT2D eigenvalue weighted by Crippen LogP contribution is 2.38. The van der Waals surface area contributed by atoms with Gasteiger partial charge in [0.1, 0.15) is 29.3 Å². The molecule has 0 fully saturated rings. The van der Waals surface area contributed by atoms with E-state index in [1.165, 1.54) is 43.4 Å². The normalized spacial score (nSPS) is 16.4. The second-order valence-electron chi connectivity index (χ2n) is 12.9.